The van der Waals surface area contributed by atoms with Crippen LogP contribution < -0.4 is 5.32 Å². The molecular formula is C11H19NO5. The highest BCUT2D eigenvalue weighted by molar-refractivity contribution is 5.67. The van der Waals surface area contributed by atoms with Crippen LogP contribution in [0.3, 0.4) is 0 Å². The first-order chi connectivity index (χ1) is 8.06. The van der Waals surface area contributed by atoms with Gasteiger partial charge in [0.15, 0.2) is 0 Å². The van der Waals surface area contributed by atoms with E-state index in [2.05, 4.69) is 5.32 Å². The predicted molar refractivity (Wildman–Crippen MR) is 60.5 cm³/mol. The summed E-state index contributed by atoms with van der Waals surface area (Å²) < 4.78 is 10.1. The second-order valence-corrected chi connectivity index (χ2v) is 3.96. The fraction of sp³-hybridized carbons (Fsp3) is 0.727. The molecule has 1 rings (SSSR count). The summed E-state index contributed by atoms with van der Waals surface area (Å²) in [6, 6.07) is 0. The number of methoxy groups -OCH3 is 1. The number of carbonyl (C=O) groups excluding carboxylic acids is 1. The van der Waals surface area contributed by atoms with E-state index >= 15 is 0 Å². The zero-order chi connectivity index (χ0) is 12.8. The van der Waals surface area contributed by atoms with E-state index in [1.54, 1.807) is 12.2 Å². The molecule has 98 valence electrons. The first-order valence-electron chi connectivity index (χ1n) is 5.52. The lowest BCUT2D eigenvalue weighted by Gasteiger charge is -2.26. The molecule has 0 saturated heterocycles. The number of hydrogen-bond donors (Lipinski definition) is 3. The Hall–Kier alpha value is -1.11. The van der Waals surface area contributed by atoms with Gasteiger partial charge in [-0.25, -0.2) is 4.79 Å². The van der Waals surface area contributed by atoms with E-state index in [0.717, 1.165) is 0 Å². The van der Waals surface area contributed by atoms with Gasteiger partial charge in [0.05, 0.1) is 18.3 Å². The van der Waals surface area contributed by atoms with Gasteiger partial charge in [0.1, 0.15) is 6.10 Å². The summed E-state index contributed by atoms with van der Waals surface area (Å²) >= 11 is 0. The number of ether oxygens (including phenoxy) is 2. The molecule has 0 aromatic heterocycles. The van der Waals surface area contributed by atoms with Crippen molar-refractivity contribution in [1.82, 2.24) is 5.32 Å². The van der Waals surface area contributed by atoms with Crippen molar-refractivity contribution in [3.63, 3.8) is 0 Å². The van der Waals surface area contributed by atoms with Crippen LogP contribution in [0.15, 0.2) is 12.2 Å². The predicted octanol–water partition coefficient (Wildman–Crippen LogP) is -0.202. The van der Waals surface area contributed by atoms with Gasteiger partial charge in [-0.2, -0.15) is 0 Å². The number of rotatable bonds is 2. The molecule has 1 aliphatic rings. The molecule has 6 heteroatoms. The van der Waals surface area contributed by atoms with Crippen LogP contribution >= 0.6 is 0 Å². The number of amides is 1. The quantitative estimate of drug-likeness (QED) is 0.586. The third-order valence-corrected chi connectivity index (χ3v) is 2.70. The van der Waals surface area contributed by atoms with Crippen molar-refractivity contribution in [1.29, 1.82) is 0 Å². The van der Waals surface area contributed by atoms with E-state index in [1.165, 1.54) is 14.2 Å². The van der Waals surface area contributed by atoms with Gasteiger partial charge in [0, 0.05) is 27.0 Å². The van der Waals surface area contributed by atoms with E-state index in [-0.39, 0.29) is 12.5 Å². The van der Waals surface area contributed by atoms with Crippen LogP contribution in [-0.4, -0.2) is 54.9 Å². The molecule has 0 bridgehead atoms. The van der Waals surface area contributed by atoms with Crippen LogP contribution in [0, 0.1) is 0 Å². The molecule has 1 amide bonds. The molecule has 6 nitrogen and oxygen atoms in total. The zero-order valence-corrected chi connectivity index (χ0v) is 10.00. The van der Waals surface area contributed by atoms with E-state index in [0.29, 0.717) is 6.42 Å². The number of aliphatic hydroxyl groups is 2. The van der Waals surface area contributed by atoms with Crippen molar-refractivity contribution >= 4 is 6.09 Å². The minimum Gasteiger partial charge on any atom is -0.442 e. The van der Waals surface area contributed by atoms with Crippen molar-refractivity contribution in [2.24, 2.45) is 0 Å². The highest BCUT2D eigenvalue weighted by Crippen LogP contribution is 2.17. The first-order valence-corrected chi connectivity index (χ1v) is 5.52. The molecule has 17 heavy (non-hydrogen) atoms. The third kappa shape index (κ3) is 4.33. The van der Waals surface area contributed by atoms with Crippen LogP contribution in [0.1, 0.15) is 12.8 Å². The van der Waals surface area contributed by atoms with Gasteiger partial charge in [-0.05, 0) is 6.08 Å². The maximum absolute atomic E-state index is 11.1. The molecule has 0 aliphatic heterocycles. The molecule has 0 aromatic rings. The molecule has 0 spiro atoms. The van der Waals surface area contributed by atoms with E-state index < -0.39 is 24.4 Å². The monoisotopic (exact) mass is 245 g/mol. The zero-order valence-electron chi connectivity index (χ0n) is 10.00. The van der Waals surface area contributed by atoms with Gasteiger partial charge in [-0.15, -0.1) is 0 Å². The minimum atomic E-state index is -0.938. The normalized spacial score (nSPS) is 35.5. The molecule has 0 radical (unpaired) electrons. The lowest BCUT2D eigenvalue weighted by atomic mass is 9.97. The van der Waals surface area contributed by atoms with Gasteiger partial charge in [-0.1, -0.05) is 6.08 Å². The SMILES string of the molecule is CNC(=O)OC1/C=C/C(OC)CC(O)C(O)C1. The average molecular weight is 245 g/mol. The van der Waals surface area contributed by atoms with Gasteiger partial charge < -0.3 is 25.0 Å². The smallest absolute Gasteiger partial charge is 0.407 e. The lowest BCUT2D eigenvalue weighted by molar-refractivity contribution is -0.0340. The Morgan fingerprint density at radius 1 is 1.24 bits per heavy atom. The average Bonchev–Trinajstić information content (AvgIpc) is 2.31. The molecular weight excluding hydrogens is 226 g/mol. The van der Waals surface area contributed by atoms with Crippen LogP contribution in [-0.2, 0) is 9.47 Å². The Labute approximate surface area is 100 Å². The number of carbonyl (C=O) groups is 1. The van der Waals surface area contributed by atoms with Crippen molar-refractivity contribution in [3.05, 3.63) is 12.2 Å². The summed E-state index contributed by atoms with van der Waals surface area (Å²) in [5.41, 5.74) is 0. The molecule has 1 aliphatic carbocycles. The molecule has 0 saturated carbocycles. The second-order valence-electron chi connectivity index (χ2n) is 3.96. The fourth-order valence-corrected chi connectivity index (χ4v) is 1.65. The Kier molecular flexibility index (Phi) is 5.40. The Bertz CT molecular complexity index is 281. The highest BCUT2D eigenvalue weighted by Gasteiger charge is 2.26. The summed E-state index contributed by atoms with van der Waals surface area (Å²) in [5, 5.41) is 21.7. The van der Waals surface area contributed by atoms with Crippen LogP contribution in [0.5, 0.6) is 0 Å². The van der Waals surface area contributed by atoms with Crippen molar-refractivity contribution in [3.8, 4) is 0 Å². The molecule has 4 unspecified atom stereocenters. The molecule has 0 heterocycles. The van der Waals surface area contributed by atoms with Gasteiger partial charge in [0.2, 0.25) is 0 Å². The summed E-state index contributed by atoms with van der Waals surface area (Å²) in [4.78, 5) is 11.1. The van der Waals surface area contributed by atoms with Crippen LogP contribution in [0.4, 0.5) is 4.79 Å². The van der Waals surface area contributed by atoms with Gasteiger partial charge in [-0.3, -0.25) is 0 Å². The number of hydrogen-bond acceptors (Lipinski definition) is 5. The third-order valence-electron chi connectivity index (χ3n) is 2.70. The second kappa shape index (κ2) is 6.58. The summed E-state index contributed by atoms with van der Waals surface area (Å²) in [6.07, 6.45) is 0.612. The highest BCUT2D eigenvalue weighted by atomic mass is 16.6. The lowest BCUT2D eigenvalue weighted by Crippen LogP contribution is -2.37. The topological polar surface area (TPSA) is 88.0 Å². The van der Waals surface area contributed by atoms with Crippen LogP contribution in [0.2, 0.25) is 0 Å². The van der Waals surface area contributed by atoms with Crippen LogP contribution in [0.25, 0.3) is 0 Å². The Morgan fingerprint density at radius 2 is 1.76 bits per heavy atom. The standard InChI is InChI=1S/C11H19NO5/c1-12-11(15)17-8-4-3-7(16-2)5-9(13)10(14)6-8/h3-4,7-10,13-14H,5-6H2,1-2H3,(H,12,15)/b4-3+. The largest absolute Gasteiger partial charge is 0.442 e. The van der Waals surface area contributed by atoms with Crippen molar-refractivity contribution in [2.45, 2.75) is 37.3 Å². The van der Waals surface area contributed by atoms with Crippen molar-refractivity contribution < 1.29 is 24.5 Å². The molecule has 0 aromatic carbocycles. The Balaban J connectivity index is 2.69. The summed E-state index contributed by atoms with van der Waals surface area (Å²) in [5.74, 6) is 0. The molecule has 0 fully saturated rings. The number of nitrogens with one attached hydrogen (secondary N) is 1. The van der Waals surface area contributed by atoms with E-state index in [1.807, 2.05) is 0 Å². The molecule has 3 N–H and O–H groups in total. The van der Waals surface area contributed by atoms with E-state index in [4.69, 9.17) is 9.47 Å². The maximum atomic E-state index is 11.1. The van der Waals surface area contributed by atoms with E-state index in [9.17, 15) is 15.0 Å². The van der Waals surface area contributed by atoms with Crippen molar-refractivity contribution in [2.75, 3.05) is 14.2 Å². The number of aliphatic hydroxyl groups excluding tert-OH is 2. The number of alkyl carbamates (subject to hydrolysis) is 1. The van der Waals surface area contributed by atoms with Gasteiger partial charge >= 0.3 is 6.09 Å². The summed E-state index contributed by atoms with van der Waals surface area (Å²) in [6.45, 7) is 0. The molecule has 4 atom stereocenters. The first kappa shape index (κ1) is 14.0. The fourth-order valence-electron chi connectivity index (χ4n) is 1.65. The summed E-state index contributed by atoms with van der Waals surface area (Å²) in [7, 11) is 2.97. The minimum absolute atomic E-state index is 0.168. The maximum Gasteiger partial charge on any atom is 0.407 e. The van der Waals surface area contributed by atoms with Gasteiger partial charge in [0.25, 0.3) is 0 Å². The Morgan fingerprint density at radius 3 is 2.29 bits per heavy atom.